The van der Waals surface area contributed by atoms with Crippen LogP contribution in [0.15, 0.2) is 17.0 Å². The molecule has 0 aromatic heterocycles. The van der Waals surface area contributed by atoms with E-state index in [0.29, 0.717) is 14.2 Å². The number of methoxy groups -OCH3 is 1. The molecule has 4 nitrogen and oxygen atoms in total. The maximum absolute atomic E-state index is 10.5. The first-order valence-corrected chi connectivity index (χ1v) is 4.79. The Morgan fingerprint density at radius 1 is 1.62 bits per heavy atom. The number of nitrogens with zero attached hydrogens (tertiary/aromatic N) is 1. The van der Waals surface area contributed by atoms with E-state index >= 15 is 0 Å². The van der Waals surface area contributed by atoms with Crippen molar-refractivity contribution in [3.05, 3.63) is 25.8 Å². The van der Waals surface area contributed by atoms with Gasteiger partial charge in [0.25, 0.3) is 5.69 Å². The molecule has 0 heterocycles. The van der Waals surface area contributed by atoms with E-state index in [9.17, 15) is 10.1 Å². The van der Waals surface area contributed by atoms with Gasteiger partial charge in [-0.2, -0.15) is 0 Å². The summed E-state index contributed by atoms with van der Waals surface area (Å²) < 4.78 is 5.60. The zero-order chi connectivity index (χ0) is 10.0. The number of rotatable bonds is 2. The van der Waals surface area contributed by atoms with E-state index in [2.05, 4.69) is 12.6 Å². The van der Waals surface area contributed by atoms with Gasteiger partial charge in [-0.25, -0.2) is 0 Å². The molecule has 0 atom stereocenters. The predicted molar refractivity (Wildman–Crippen MR) is 59.6 cm³/mol. The summed E-state index contributed by atoms with van der Waals surface area (Å²) in [6, 6.07) is 3.04. The van der Waals surface area contributed by atoms with Crippen LogP contribution in [0, 0.1) is 13.7 Å². The molecule has 0 spiro atoms. The van der Waals surface area contributed by atoms with Crippen LogP contribution < -0.4 is 4.74 Å². The molecule has 0 unspecified atom stereocenters. The smallest absolute Gasteiger partial charge is 0.287 e. The lowest BCUT2D eigenvalue weighted by atomic mass is 10.3. The largest absolute Gasteiger partial charge is 0.496 e. The average Bonchev–Trinajstić information content (AvgIpc) is 2.09. The Bertz CT molecular complexity index is 356. The van der Waals surface area contributed by atoms with Crippen molar-refractivity contribution < 1.29 is 9.66 Å². The van der Waals surface area contributed by atoms with E-state index in [0.717, 1.165) is 0 Å². The number of thiol groups is 1. The molecule has 1 rings (SSSR count). The summed E-state index contributed by atoms with van der Waals surface area (Å²) in [6.07, 6.45) is 0. The number of nitro groups is 1. The standard InChI is InChI=1S/C7H6INO3S/c1-12-4-2-5(8)7(13)6(3-4)9(10)11/h2-3,13H,1H3. The number of halogens is 1. The fourth-order valence-electron chi connectivity index (χ4n) is 0.817. The zero-order valence-corrected chi connectivity index (χ0v) is 9.70. The highest BCUT2D eigenvalue weighted by Gasteiger charge is 2.15. The average molecular weight is 311 g/mol. The monoisotopic (exact) mass is 311 g/mol. The highest BCUT2D eigenvalue weighted by molar-refractivity contribution is 14.1. The molecule has 70 valence electrons. The van der Waals surface area contributed by atoms with Gasteiger partial charge in [-0.3, -0.25) is 10.1 Å². The van der Waals surface area contributed by atoms with E-state index in [-0.39, 0.29) is 5.69 Å². The number of hydrogen-bond donors (Lipinski definition) is 1. The molecule has 0 radical (unpaired) electrons. The van der Waals surface area contributed by atoms with Crippen LogP contribution in [-0.4, -0.2) is 12.0 Å². The van der Waals surface area contributed by atoms with Gasteiger partial charge in [-0.1, -0.05) is 0 Å². The van der Waals surface area contributed by atoms with E-state index < -0.39 is 4.92 Å². The molecule has 1 aromatic carbocycles. The molecule has 0 aliphatic rings. The molecule has 0 aliphatic heterocycles. The third-order valence-corrected chi connectivity index (χ3v) is 3.20. The fraction of sp³-hybridized carbons (Fsp3) is 0.143. The van der Waals surface area contributed by atoms with Gasteiger partial charge in [0, 0.05) is 3.57 Å². The van der Waals surface area contributed by atoms with Crippen molar-refractivity contribution in [2.75, 3.05) is 7.11 Å². The number of benzene rings is 1. The van der Waals surface area contributed by atoms with Crippen LogP contribution in [0.4, 0.5) is 5.69 Å². The van der Waals surface area contributed by atoms with Crippen molar-refractivity contribution in [2.24, 2.45) is 0 Å². The summed E-state index contributed by atoms with van der Waals surface area (Å²) in [5.74, 6) is 0.467. The Morgan fingerprint density at radius 2 is 2.23 bits per heavy atom. The van der Waals surface area contributed by atoms with E-state index in [1.807, 2.05) is 22.6 Å². The molecule has 0 saturated carbocycles. The van der Waals surface area contributed by atoms with Crippen molar-refractivity contribution in [3.63, 3.8) is 0 Å². The van der Waals surface area contributed by atoms with Gasteiger partial charge in [0.05, 0.1) is 23.0 Å². The minimum Gasteiger partial charge on any atom is -0.496 e. The second-order valence-corrected chi connectivity index (χ2v) is 3.84. The lowest BCUT2D eigenvalue weighted by Gasteiger charge is -2.03. The van der Waals surface area contributed by atoms with Gasteiger partial charge < -0.3 is 4.74 Å². The molecule has 0 aliphatic carbocycles. The highest BCUT2D eigenvalue weighted by Crippen LogP contribution is 2.31. The Morgan fingerprint density at radius 3 is 2.69 bits per heavy atom. The normalized spacial score (nSPS) is 9.77. The summed E-state index contributed by atoms with van der Waals surface area (Å²) in [5, 5.41) is 10.5. The van der Waals surface area contributed by atoms with Crippen molar-refractivity contribution >= 4 is 40.9 Å². The molecule has 0 saturated heterocycles. The Kier molecular flexibility index (Phi) is 3.37. The van der Waals surface area contributed by atoms with Crippen molar-refractivity contribution in [1.29, 1.82) is 0 Å². The Labute approximate surface area is 94.0 Å². The maximum Gasteiger partial charge on any atom is 0.287 e. The predicted octanol–water partition coefficient (Wildman–Crippen LogP) is 2.50. The molecule has 0 bridgehead atoms. The van der Waals surface area contributed by atoms with E-state index in [4.69, 9.17) is 4.74 Å². The zero-order valence-electron chi connectivity index (χ0n) is 6.65. The lowest BCUT2D eigenvalue weighted by Crippen LogP contribution is -1.93. The van der Waals surface area contributed by atoms with Crippen LogP contribution >= 0.6 is 35.2 Å². The summed E-state index contributed by atoms with van der Waals surface area (Å²) in [6.45, 7) is 0. The molecule has 6 heteroatoms. The van der Waals surface area contributed by atoms with Gasteiger partial charge in [0.2, 0.25) is 0 Å². The van der Waals surface area contributed by atoms with Crippen molar-refractivity contribution in [2.45, 2.75) is 4.90 Å². The third-order valence-electron chi connectivity index (χ3n) is 1.45. The fourth-order valence-corrected chi connectivity index (χ4v) is 1.61. The van der Waals surface area contributed by atoms with Crippen molar-refractivity contribution in [3.8, 4) is 5.75 Å². The van der Waals surface area contributed by atoms with Gasteiger partial charge >= 0.3 is 0 Å². The van der Waals surface area contributed by atoms with Crippen LogP contribution in [0.1, 0.15) is 0 Å². The van der Waals surface area contributed by atoms with Crippen LogP contribution in [0.2, 0.25) is 0 Å². The SMILES string of the molecule is COc1cc(I)c(S)c([N+](=O)[O-])c1. The number of nitro benzene ring substituents is 1. The molecule has 1 aromatic rings. The first-order valence-electron chi connectivity index (χ1n) is 3.27. The van der Waals surface area contributed by atoms with Crippen LogP contribution in [0.3, 0.4) is 0 Å². The molecule has 0 N–H and O–H groups in total. The topological polar surface area (TPSA) is 52.4 Å². The quantitative estimate of drug-likeness (QED) is 0.395. The Hall–Kier alpha value is -0.500. The molecular weight excluding hydrogens is 305 g/mol. The van der Waals surface area contributed by atoms with Crippen LogP contribution in [0.5, 0.6) is 5.75 Å². The minimum absolute atomic E-state index is 0.0351. The van der Waals surface area contributed by atoms with E-state index in [1.165, 1.54) is 13.2 Å². The second kappa shape index (κ2) is 4.14. The minimum atomic E-state index is -0.479. The summed E-state index contributed by atoms with van der Waals surface area (Å²) in [7, 11) is 1.47. The summed E-state index contributed by atoms with van der Waals surface area (Å²) in [4.78, 5) is 10.4. The lowest BCUT2D eigenvalue weighted by molar-refractivity contribution is -0.387. The van der Waals surface area contributed by atoms with E-state index in [1.54, 1.807) is 6.07 Å². The van der Waals surface area contributed by atoms with Crippen LogP contribution in [-0.2, 0) is 0 Å². The molecule has 13 heavy (non-hydrogen) atoms. The molecule has 0 amide bonds. The third kappa shape index (κ3) is 2.25. The molecular formula is C7H6INO3S. The second-order valence-electron chi connectivity index (χ2n) is 2.23. The first kappa shape index (κ1) is 10.6. The summed E-state index contributed by atoms with van der Waals surface area (Å²) >= 11 is 6.00. The Balaban J connectivity index is 3.33. The number of ether oxygens (including phenoxy) is 1. The van der Waals surface area contributed by atoms with Gasteiger partial charge in [-0.05, 0) is 28.7 Å². The summed E-state index contributed by atoms with van der Waals surface area (Å²) in [5.41, 5.74) is -0.0351. The van der Waals surface area contributed by atoms with Gasteiger partial charge in [-0.15, -0.1) is 12.6 Å². The van der Waals surface area contributed by atoms with Crippen LogP contribution in [0.25, 0.3) is 0 Å². The van der Waals surface area contributed by atoms with Gasteiger partial charge in [0.15, 0.2) is 0 Å². The molecule has 0 fully saturated rings. The van der Waals surface area contributed by atoms with Gasteiger partial charge in [0.1, 0.15) is 5.75 Å². The maximum atomic E-state index is 10.5. The highest BCUT2D eigenvalue weighted by atomic mass is 127. The number of hydrogen-bond acceptors (Lipinski definition) is 4. The van der Waals surface area contributed by atoms with Crippen molar-refractivity contribution in [1.82, 2.24) is 0 Å². The first-order chi connectivity index (χ1) is 6.06.